The number of nitriles is 2. The minimum atomic E-state index is -1.24. The summed E-state index contributed by atoms with van der Waals surface area (Å²) >= 11 is 0. The Labute approximate surface area is 352 Å². The fourth-order valence-corrected chi connectivity index (χ4v) is 4.20. The number of carboxylic acid groups (broad SMARTS) is 3. The van der Waals surface area contributed by atoms with Crippen molar-refractivity contribution < 1.29 is 67.4 Å². The van der Waals surface area contributed by atoms with E-state index in [-0.39, 0.29) is 48.3 Å². The zero-order valence-corrected chi connectivity index (χ0v) is 32.7. The molecule has 2 aromatic carbocycles. The molecule has 0 saturated carbocycles. The largest absolute Gasteiger partial charge is 3.00 e. The van der Waals surface area contributed by atoms with Crippen molar-refractivity contribution in [2.75, 3.05) is 0 Å². The van der Waals surface area contributed by atoms with Gasteiger partial charge in [-0.1, -0.05) is 30.3 Å². The van der Waals surface area contributed by atoms with Crippen LogP contribution < -0.4 is 15.3 Å². The Morgan fingerprint density at radius 3 is 0.917 bits per heavy atom. The first-order chi connectivity index (χ1) is 28.4. The van der Waals surface area contributed by atoms with Crippen LogP contribution in [-0.2, 0) is 20.1 Å². The van der Waals surface area contributed by atoms with Gasteiger partial charge in [-0.2, -0.15) is 10.5 Å². The maximum absolute atomic E-state index is 13.7. The van der Waals surface area contributed by atoms with Crippen molar-refractivity contribution in [1.82, 2.24) is 24.9 Å². The number of rotatable bonds is 5. The molecular weight excluding hydrogens is 967 g/mol. The van der Waals surface area contributed by atoms with Crippen molar-refractivity contribution in [2.45, 2.75) is 0 Å². The Hall–Kier alpha value is -8.05. The molecule has 7 aromatic rings. The Morgan fingerprint density at radius 2 is 0.717 bits per heavy atom. The maximum atomic E-state index is 13.7. The third-order valence-corrected chi connectivity index (χ3v) is 6.91. The zero-order chi connectivity index (χ0) is 43.2. The summed E-state index contributed by atoms with van der Waals surface area (Å²) in [6.07, 6.45) is 7.23. The van der Waals surface area contributed by atoms with Gasteiger partial charge in [0.2, 0.25) is 0 Å². The van der Waals surface area contributed by atoms with Crippen molar-refractivity contribution >= 4 is 17.9 Å². The average Bonchev–Trinajstić information content (AvgIpc) is 3.26. The summed E-state index contributed by atoms with van der Waals surface area (Å²) in [4.78, 5) is 48.5. The van der Waals surface area contributed by atoms with E-state index in [0.29, 0.717) is 11.4 Å². The van der Waals surface area contributed by atoms with Crippen LogP contribution in [0.1, 0.15) is 42.6 Å². The average molecular weight is 991 g/mol. The number of aromatic nitrogens is 5. The number of nitrogens with zero attached hydrogens (tertiary/aromatic N) is 7. The van der Waals surface area contributed by atoms with Crippen LogP contribution in [0.3, 0.4) is 0 Å². The standard InChI is InChI=1S/2C12H6F2N2.3C6H5NO2.Ir/c2*13-10-5-4-8(12(14)9(10)7-15)11-3-1-2-6-16-11;3*8-6(9)5-3-1-2-4-7-5;/h2*1-6H;3*1-4H,(H,8,9);/q;;;;;+3/p-3. The molecule has 0 aliphatic rings. The van der Waals surface area contributed by atoms with Gasteiger partial charge in [-0.25, -0.2) is 17.6 Å². The molecule has 0 unspecified atom stereocenters. The van der Waals surface area contributed by atoms with E-state index in [9.17, 15) is 47.3 Å². The van der Waals surface area contributed by atoms with E-state index in [1.54, 1.807) is 72.8 Å². The maximum Gasteiger partial charge on any atom is 3.00 e. The first-order valence-corrected chi connectivity index (χ1v) is 16.4. The molecule has 300 valence electrons. The summed E-state index contributed by atoms with van der Waals surface area (Å²) in [6.45, 7) is 0. The molecule has 0 radical (unpaired) electrons. The molecule has 60 heavy (non-hydrogen) atoms. The summed E-state index contributed by atoms with van der Waals surface area (Å²) in [6, 6.07) is 31.5. The second-order valence-electron chi connectivity index (χ2n) is 10.7. The molecule has 0 amide bonds. The molecular formula is C42H24F4IrN7O6. The molecule has 0 N–H and O–H groups in total. The third kappa shape index (κ3) is 14.8. The van der Waals surface area contributed by atoms with E-state index >= 15 is 0 Å². The second-order valence-corrected chi connectivity index (χ2v) is 10.7. The summed E-state index contributed by atoms with van der Waals surface area (Å²) < 4.78 is 53.6. The van der Waals surface area contributed by atoms with Gasteiger partial charge in [0.05, 0.1) is 46.4 Å². The normalized spacial score (nSPS) is 9.23. The van der Waals surface area contributed by atoms with Crippen LogP contribution in [0.4, 0.5) is 17.6 Å². The Balaban J connectivity index is 0.000000265. The predicted octanol–water partition coefficient (Wildman–Crippen LogP) is 4.13. The third-order valence-electron chi connectivity index (χ3n) is 6.91. The molecule has 5 heterocycles. The van der Waals surface area contributed by atoms with E-state index in [1.165, 1.54) is 73.5 Å². The first-order valence-electron chi connectivity index (χ1n) is 16.4. The van der Waals surface area contributed by atoms with E-state index in [4.69, 9.17) is 10.5 Å². The predicted molar refractivity (Wildman–Crippen MR) is 194 cm³/mol. The molecule has 0 saturated heterocycles. The summed E-state index contributed by atoms with van der Waals surface area (Å²) in [5, 5.41) is 47.3. The van der Waals surface area contributed by atoms with Crippen LogP contribution >= 0.6 is 0 Å². The van der Waals surface area contributed by atoms with Gasteiger partial charge >= 0.3 is 20.1 Å². The van der Waals surface area contributed by atoms with E-state index in [0.717, 1.165) is 12.1 Å². The zero-order valence-electron chi connectivity index (χ0n) is 30.3. The van der Waals surface area contributed by atoms with Crippen LogP contribution in [0.15, 0.2) is 146 Å². The van der Waals surface area contributed by atoms with Gasteiger partial charge < -0.3 is 29.7 Å². The minimum absolute atomic E-state index is 0. The van der Waals surface area contributed by atoms with Crippen LogP contribution in [-0.4, -0.2) is 42.8 Å². The number of halogens is 4. The quantitative estimate of drug-likeness (QED) is 0.221. The number of aromatic carboxylic acids is 3. The number of carbonyl (C=O) groups is 3. The fraction of sp³-hybridized carbons (Fsp3) is 0. The van der Waals surface area contributed by atoms with E-state index in [2.05, 4.69) is 24.9 Å². The number of pyridine rings is 5. The molecule has 0 bridgehead atoms. The molecule has 18 heteroatoms. The minimum Gasteiger partial charge on any atom is -0.543 e. The van der Waals surface area contributed by atoms with Gasteiger partial charge in [0.25, 0.3) is 0 Å². The molecule has 0 aliphatic heterocycles. The molecule has 0 atom stereocenters. The number of carboxylic acids is 3. The Kier molecular flexibility index (Phi) is 20.2. The molecule has 0 spiro atoms. The van der Waals surface area contributed by atoms with Gasteiger partial charge in [-0.05, 0) is 84.9 Å². The van der Waals surface area contributed by atoms with E-state index < -0.39 is 52.3 Å². The smallest absolute Gasteiger partial charge is 0.543 e. The van der Waals surface area contributed by atoms with Crippen LogP contribution in [0, 0.1) is 45.9 Å². The van der Waals surface area contributed by atoms with Crippen LogP contribution in [0.25, 0.3) is 22.5 Å². The molecule has 7 rings (SSSR count). The summed E-state index contributed by atoms with van der Waals surface area (Å²) in [5.74, 6) is -7.19. The van der Waals surface area contributed by atoms with Gasteiger partial charge in [-0.3, -0.25) is 24.9 Å². The topological polar surface area (TPSA) is 232 Å². The van der Waals surface area contributed by atoms with Crippen molar-refractivity contribution in [3.63, 3.8) is 0 Å². The number of hydrogen-bond donors (Lipinski definition) is 0. The van der Waals surface area contributed by atoms with Crippen molar-refractivity contribution in [3.8, 4) is 34.7 Å². The van der Waals surface area contributed by atoms with Gasteiger partial charge in [-0.15, -0.1) is 0 Å². The Morgan fingerprint density at radius 1 is 0.433 bits per heavy atom. The van der Waals surface area contributed by atoms with Crippen LogP contribution in [0.2, 0.25) is 0 Å². The molecule has 13 nitrogen and oxygen atoms in total. The van der Waals surface area contributed by atoms with Crippen LogP contribution in [0.5, 0.6) is 0 Å². The number of hydrogen-bond acceptors (Lipinski definition) is 13. The summed E-state index contributed by atoms with van der Waals surface area (Å²) in [7, 11) is 0. The molecule has 0 fully saturated rings. The van der Waals surface area contributed by atoms with Crippen molar-refractivity contribution in [2.24, 2.45) is 0 Å². The first kappa shape index (κ1) is 48.1. The number of carbonyl (C=O) groups excluding carboxylic acids is 3. The van der Waals surface area contributed by atoms with Gasteiger partial charge in [0, 0.05) is 42.1 Å². The van der Waals surface area contributed by atoms with Gasteiger partial charge in [0.15, 0.2) is 11.6 Å². The molecule has 0 aliphatic carbocycles. The van der Waals surface area contributed by atoms with Crippen molar-refractivity contribution in [3.05, 3.63) is 198 Å². The number of benzene rings is 2. The van der Waals surface area contributed by atoms with Gasteiger partial charge in [0.1, 0.15) is 34.9 Å². The monoisotopic (exact) mass is 991 g/mol. The SMILES string of the molecule is N#Cc1c(F)ccc(-c2ccccn2)c1F.N#Cc1c(F)ccc(-c2ccccn2)c1F.O=C([O-])c1ccccn1.O=C([O-])c1ccccn1.O=C([O-])c1ccccn1.[Ir+3]. The second kappa shape index (κ2) is 25.3. The Bertz CT molecular complexity index is 2330. The fourth-order valence-electron chi connectivity index (χ4n) is 4.20. The summed E-state index contributed by atoms with van der Waals surface area (Å²) in [5.41, 5.74) is -0.260. The van der Waals surface area contributed by atoms with Crippen molar-refractivity contribution in [1.29, 1.82) is 10.5 Å². The molecule has 5 aromatic heterocycles. The van der Waals surface area contributed by atoms with E-state index in [1.807, 2.05) is 0 Å².